The largest absolute Gasteiger partial charge is 0.248 e. The zero-order valence-corrected chi connectivity index (χ0v) is 8.87. The molecule has 0 aliphatic carbocycles. The number of rotatable bonds is 1. The number of aromatic nitrogens is 2. The lowest BCUT2D eigenvalue weighted by molar-refractivity contribution is 1.01. The number of nitrogens with zero attached hydrogens (tertiary/aromatic N) is 2. The summed E-state index contributed by atoms with van der Waals surface area (Å²) in [6, 6.07) is 7.89. The van der Waals surface area contributed by atoms with Gasteiger partial charge < -0.3 is 0 Å². The number of halogens is 1. The first-order chi connectivity index (χ1) is 6.31. The van der Waals surface area contributed by atoms with Crippen LogP contribution in [0, 0.1) is 0 Å². The van der Waals surface area contributed by atoms with E-state index in [-0.39, 0.29) is 0 Å². The molecule has 0 bridgehead atoms. The lowest BCUT2D eigenvalue weighted by Gasteiger charge is -2.01. The van der Waals surface area contributed by atoms with Gasteiger partial charge in [-0.2, -0.15) is 0 Å². The Bertz CT molecular complexity index is 440. The fourth-order valence-electron chi connectivity index (χ4n) is 1.24. The molecule has 3 heteroatoms. The van der Waals surface area contributed by atoms with E-state index < -0.39 is 0 Å². The molecule has 0 atom stereocenters. The van der Waals surface area contributed by atoms with Crippen LogP contribution in [0.25, 0.3) is 11.0 Å². The average Bonchev–Trinajstić information content (AvgIpc) is 2.17. The SMILES string of the molecule is CCc1nc2ccccc2nc1Br. The normalized spacial score (nSPS) is 10.6. The zero-order chi connectivity index (χ0) is 9.26. The van der Waals surface area contributed by atoms with Crippen molar-refractivity contribution in [3.05, 3.63) is 34.6 Å². The van der Waals surface area contributed by atoms with Crippen LogP contribution >= 0.6 is 15.9 Å². The second-order valence-corrected chi connectivity index (χ2v) is 3.55. The molecule has 0 spiro atoms. The maximum absolute atomic E-state index is 4.48. The molecule has 0 unspecified atom stereocenters. The molecule has 2 aromatic rings. The number of fused-ring (bicyclic) bond motifs is 1. The van der Waals surface area contributed by atoms with Gasteiger partial charge in [-0.25, -0.2) is 9.97 Å². The van der Waals surface area contributed by atoms with E-state index >= 15 is 0 Å². The summed E-state index contributed by atoms with van der Waals surface area (Å²) in [4.78, 5) is 8.88. The van der Waals surface area contributed by atoms with E-state index in [0.717, 1.165) is 27.8 Å². The predicted octanol–water partition coefficient (Wildman–Crippen LogP) is 2.95. The first-order valence-corrected chi connectivity index (χ1v) is 5.01. The molecule has 0 aliphatic heterocycles. The molecule has 0 aliphatic rings. The highest BCUT2D eigenvalue weighted by molar-refractivity contribution is 9.10. The molecule has 0 saturated heterocycles. The summed E-state index contributed by atoms with van der Waals surface area (Å²) in [5.74, 6) is 0. The van der Waals surface area contributed by atoms with E-state index in [9.17, 15) is 0 Å². The van der Waals surface area contributed by atoms with E-state index in [1.165, 1.54) is 0 Å². The summed E-state index contributed by atoms with van der Waals surface area (Å²) in [5.41, 5.74) is 2.91. The molecule has 0 amide bonds. The highest BCUT2D eigenvalue weighted by Crippen LogP contribution is 2.17. The summed E-state index contributed by atoms with van der Waals surface area (Å²) >= 11 is 3.40. The van der Waals surface area contributed by atoms with Crippen molar-refractivity contribution in [1.82, 2.24) is 9.97 Å². The minimum atomic E-state index is 0.855. The third-order valence-corrected chi connectivity index (χ3v) is 2.56. The van der Waals surface area contributed by atoms with E-state index in [4.69, 9.17) is 0 Å². The Morgan fingerprint density at radius 3 is 2.38 bits per heavy atom. The monoisotopic (exact) mass is 236 g/mol. The van der Waals surface area contributed by atoms with Crippen molar-refractivity contribution in [3.63, 3.8) is 0 Å². The molecule has 0 radical (unpaired) electrons. The van der Waals surface area contributed by atoms with Gasteiger partial charge in [-0.3, -0.25) is 0 Å². The van der Waals surface area contributed by atoms with Crippen molar-refractivity contribution >= 4 is 27.0 Å². The standard InChI is InChI=1S/C10H9BrN2/c1-2-7-10(11)13-9-6-4-3-5-8(9)12-7/h3-6H,2H2,1H3. The summed E-state index contributed by atoms with van der Waals surface area (Å²) in [5, 5.41) is 0. The minimum absolute atomic E-state index is 0.855. The van der Waals surface area contributed by atoms with Gasteiger partial charge in [0.2, 0.25) is 0 Å². The van der Waals surface area contributed by atoms with Crippen molar-refractivity contribution in [3.8, 4) is 0 Å². The van der Waals surface area contributed by atoms with Crippen molar-refractivity contribution in [1.29, 1.82) is 0 Å². The first-order valence-electron chi connectivity index (χ1n) is 4.22. The van der Waals surface area contributed by atoms with Crippen molar-refractivity contribution < 1.29 is 0 Å². The van der Waals surface area contributed by atoms with E-state index in [2.05, 4.69) is 32.8 Å². The number of benzene rings is 1. The summed E-state index contributed by atoms with van der Waals surface area (Å²) in [7, 11) is 0. The molecule has 66 valence electrons. The average molecular weight is 237 g/mol. The second kappa shape index (κ2) is 3.42. The molecule has 1 aromatic heterocycles. The Labute approximate surface area is 85.1 Å². The number of para-hydroxylation sites is 2. The van der Waals surface area contributed by atoms with Crippen LogP contribution in [-0.2, 0) is 6.42 Å². The summed E-state index contributed by atoms with van der Waals surface area (Å²) < 4.78 is 0.855. The molecule has 0 fully saturated rings. The summed E-state index contributed by atoms with van der Waals surface area (Å²) in [6.07, 6.45) is 0.901. The second-order valence-electron chi connectivity index (χ2n) is 2.80. The van der Waals surface area contributed by atoms with E-state index in [1.54, 1.807) is 0 Å². The molecule has 0 saturated carbocycles. The molecule has 0 N–H and O–H groups in total. The number of aryl methyl sites for hydroxylation is 1. The molecule has 13 heavy (non-hydrogen) atoms. The third kappa shape index (κ3) is 1.56. The van der Waals surface area contributed by atoms with Gasteiger partial charge in [-0.15, -0.1) is 0 Å². The Morgan fingerprint density at radius 2 is 1.77 bits per heavy atom. The molecule has 2 rings (SSSR count). The third-order valence-electron chi connectivity index (χ3n) is 1.93. The smallest absolute Gasteiger partial charge is 0.128 e. The van der Waals surface area contributed by atoms with E-state index in [1.807, 2.05) is 24.3 Å². The molecule has 2 nitrogen and oxygen atoms in total. The van der Waals surface area contributed by atoms with Crippen LogP contribution in [0.3, 0.4) is 0 Å². The molecular formula is C10H9BrN2. The minimum Gasteiger partial charge on any atom is -0.248 e. The first kappa shape index (κ1) is 8.63. The highest BCUT2D eigenvalue weighted by atomic mass is 79.9. The number of hydrogen-bond donors (Lipinski definition) is 0. The van der Waals surface area contributed by atoms with Crippen molar-refractivity contribution in [2.45, 2.75) is 13.3 Å². The van der Waals surface area contributed by atoms with Crippen LogP contribution in [0.2, 0.25) is 0 Å². The van der Waals surface area contributed by atoms with Gasteiger partial charge in [0.15, 0.2) is 0 Å². The fraction of sp³-hybridized carbons (Fsp3) is 0.200. The summed E-state index contributed by atoms with van der Waals surface area (Å²) in [6.45, 7) is 2.07. The van der Waals surface area contributed by atoms with Crippen LogP contribution in [0.1, 0.15) is 12.6 Å². The lowest BCUT2D eigenvalue weighted by atomic mass is 10.3. The molecular weight excluding hydrogens is 228 g/mol. The maximum atomic E-state index is 4.48. The lowest BCUT2D eigenvalue weighted by Crippen LogP contribution is -1.93. The van der Waals surface area contributed by atoms with Gasteiger partial charge in [0, 0.05) is 0 Å². The Kier molecular flexibility index (Phi) is 2.27. The van der Waals surface area contributed by atoms with E-state index in [0.29, 0.717) is 0 Å². The van der Waals surface area contributed by atoms with Crippen LogP contribution in [0.5, 0.6) is 0 Å². The van der Waals surface area contributed by atoms with Gasteiger partial charge in [-0.05, 0) is 34.5 Å². The predicted molar refractivity (Wildman–Crippen MR) is 56.6 cm³/mol. The van der Waals surface area contributed by atoms with Crippen LogP contribution in [-0.4, -0.2) is 9.97 Å². The topological polar surface area (TPSA) is 25.8 Å². The van der Waals surface area contributed by atoms with Gasteiger partial charge in [0.05, 0.1) is 16.7 Å². The molecule has 1 heterocycles. The fourth-order valence-corrected chi connectivity index (χ4v) is 1.80. The van der Waals surface area contributed by atoms with Crippen LogP contribution in [0.15, 0.2) is 28.9 Å². The van der Waals surface area contributed by atoms with Gasteiger partial charge in [-0.1, -0.05) is 19.1 Å². The quantitative estimate of drug-likeness (QED) is 0.761. The van der Waals surface area contributed by atoms with Gasteiger partial charge in [0.25, 0.3) is 0 Å². The van der Waals surface area contributed by atoms with Gasteiger partial charge >= 0.3 is 0 Å². The Hall–Kier alpha value is -0.960. The van der Waals surface area contributed by atoms with Crippen LogP contribution < -0.4 is 0 Å². The number of hydrogen-bond acceptors (Lipinski definition) is 2. The molecule has 1 aromatic carbocycles. The Morgan fingerprint density at radius 1 is 1.15 bits per heavy atom. The Balaban J connectivity index is 2.74. The maximum Gasteiger partial charge on any atom is 0.128 e. The van der Waals surface area contributed by atoms with Crippen LogP contribution in [0.4, 0.5) is 0 Å². The van der Waals surface area contributed by atoms with Gasteiger partial charge in [0.1, 0.15) is 4.60 Å². The highest BCUT2D eigenvalue weighted by Gasteiger charge is 2.02. The zero-order valence-electron chi connectivity index (χ0n) is 7.29. The van der Waals surface area contributed by atoms with Crippen molar-refractivity contribution in [2.24, 2.45) is 0 Å². The van der Waals surface area contributed by atoms with Crippen molar-refractivity contribution in [2.75, 3.05) is 0 Å².